The Morgan fingerprint density at radius 2 is 1.85 bits per heavy atom. The third kappa shape index (κ3) is 6.96. The summed E-state index contributed by atoms with van der Waals surface area (Å²) in [7, 11) is 6.12. The number of carbonyl (C=O) groups excluding carboxylic acids is 2. The third-order valence-corrected chi connectivity index (χ3v) is 11.4. The number of ether oxygens (including phenoxy) is 2. The van der Waals surface area contributed by atoms with Crippen LogP contribution in [0.2, 0.25) is 5.02 Å². The van der Waals surface area contributed by atoms with E-state index in [2.05, 4.69) is 22.0 Å². The molecule has 3 N–H and O–H groups in total. The number of urea groups is 1. The molecule has 53 heavy (non-hydrogen) atoms. The van der Waals surface area contributed by atoms with E-state index in [1.165, 1.54) is 30.4 Å². The lowest BCUT2D eigenvalue weighted by Gasteiger charge is -2.47. The van der Waals surface area contributed by atoms with Crippen molar-refractivity contribution in [2.75, 3.05) is 45.8 Å². The van der Waals surface area contributed by atoms with Crippen LogP contribution in [0.3, 0.4) is 0 Å². The number of nitrogens with one attached hydrogen (secondary N) is 3. The van der Waals surface area contributed by atoms with Crippen LogP contribution in [-0.4, -0.2) is 83.0 Å². The summed E-state index contributed by atoms with van der Waals surface area (Å²) in [6.45, 7) is 2.56. The summed E-state index contributed by atoms with van der Waals surface area (Å²) in [5, 5.41) is 10.4. The van der Waals surface area contributed by atoms with Gasteiger partial charge in [0.2, 0.25) is 5.88 Å². The molecule has 1 unspecified atom stereocenters. The number of pyridine rings is 1. The second kappa shape index (κ2) is 14.8. The van der Waals surface area contributed by atoms with Crippen LogP contribution in [0.4, 0.5) is 10.5 Å². The summed E-state index contributed by atoms with van der Waals surface area (Å²) in [6.07, 6.45) is 5.83. The Kier molecular flexibility index (Phi) is 10.2. The maximum absolute atomic E-state index is 13.1. The molecule has 3 amide bonds. The predicted octanol–water partition coefficient (Wildman–Crippen LogP) is 4.31. The zero-order chi connectivity index (χ0) is 37.4. The van der Waals surface area contributed by atoms with Crippen molar-refractivity contribution in [1.29, 1.82) is 0 Å². The first kappa shape index (κ1) is 36.4. The summed E-state index contributed by atoms with van der Waals surface area (Å²) < 4.78 is 13.2. The highest BCUT2D eigenvalue weighted by molar-refractivity contribution is 6.36. The van der Waals surface area contributed by atoms with Crippen molar-refractivity contribution in [3.63, 3.8) is 0 Å². The van der Waals surface area contributed by atoms with Crippen molar-refractivity contribution >= 4 is 29.2 Å². The molecule has 2 aromatic carbocycles. The number of anilines is 1. The number of halogens is 1. The Hall–Kier alpha value is -4.98. The lowest BCUT2D eigenvalue weighted by atomic mass is 9.78. The summed E-state index contributed by atoms with van der Waals surface area (Å²) in [5.41, 5.74) is 4.17. The Balaban J connectivity index is 1.09. The first-order chi connectivity index (χ1) is 25.5. The number of aryl methyl sites for hydroxylation is 2. The highest BCUT2D eigenvalue weighted by atomic mass is 35.5. The monoisotopic (exact) mass is 741 g/mol. The van der Waals surface area contributed by atoms with E-state index in [0.717, 1.165) is 72.0 Å². The van der Waals surface area contributed by atoms with E-state index in [9.17, 15) is 19.2 Å². The first-order valence-corrected chi connectivity index (χ1v) is 18.2. The van der Waals surface area contributed by atoms with Gasteiger partial charge in [-0.2, -0.15) is 0 Å². The van der Waals surface area contributed by atoms with Gasteiger partial charge < -0.3 is 34.9 Å². The zero-order valence-electron chi connectivity index (χ0n) is 30.3. The van der Waals surface area contributed by atoms with Gasteiger partial charge in [-0.3, -0.25) is 14.2 Å². The standard InChI is InChI=1S/C39H44ClN7O6/c1-45-21-29(36(49)46(2)38(45)51)34(48)42-25-8-5-7-23(19-25)26-9-6-10-28(33(26)40)31-20-24-11-12-27(32(24)35(43-31)53-4)30-13-14-39(22-41-30)15-16-47(17-18-52-3)37(50)44-39/h5-10,19-21,27,30,41H,11-18,22H2,1-4H3,(H,42,48)(H,44,50)/t27?,30-,39-/m0/s1. The van der Waals surface area contributed by atoms with Crippen LogP contribution in [0, 0.1) is 0 Å². The number of rotatable bonds is 9. The number of fused-ring (bicyclic) bond motifs is 1. The number of hydrogen-bond donors (Lipinski definition) is 3. The predicted molar refractivity (Wildman–Crippen MR) is 203 cm³/mol. The number of benzene rings is 2. The molecule has 4 heterocycles. The Labute approximate surface area is 312 Å². The molecule has 0 bridgehead atoms. The van der Waals surface area contributed by atoms with Crippen LogP contribution in [0.25, 0.3) is 22.4 Å². The van der Waals surface area contributed by atoms with E-state index in [1.54, 1.807) is 32.4 Å². The fraction of sp³-hybridized carbons (Fsp3) is 0.410. The average Bonchev–Trinajstić information content (AvgIpc) is 3.59. The van der Waals surface area contributed by atoms with Gasteiger partial charge in [-0.25, -0.2) is 14.6 Å². The Bertz CT molecular complexity index is 2190. The first-order valence-electron chi connectivity index (χ1n) is 17.9. The summed E-state index contributed by atoms with van der Waals surface area (Å²) >= 11 is 7.12. The van der Waals surface area contributed by atoms with Gasteiger partial charge in [-0.15, -0.1) is 0 Å². The molecule has 14 heteroatoms. The van der Waals surface area contributed by atoms with E-state index < -0.39 is 17.2 Å². The van der Waals surface area contributed by atoms with Crippen molar-refractivity contribution in [1.82, 2.24) is 29.7 Å². The number of hydrogen-bond acceptors (Lipinski definition) is 8. The number of amides is 3. The van der Waals surface area contributed by atoms with Gasteiger partial charge >= 0.3 is 11.7 Å². The summed E-state index contributed by atoms with van der Waals surface area (Å²) in [4.78, 5) is 57.5. The second-order valence-corrected chi connectivity index (χ2v) is 14.6. The van der Waals surface area contributed by atoms with Crippen LogP contribution < -0.4 is 31.9 Å². The minimum atomic E-state index is -0.676. The van der Waals surface area contributed by atoms with E-state index in [1.807, 2.05) is 29.2 Å². The molecule has 0 radical (unpaired) electrons. The molecule has 1 spiro atoms. The molecular formula is C39H44ClN7O6. The summed E-state index contributed by atoms with van der Waals surface area (Å²) in [6, 6.07) is 15.3. The average molecular weight is 742 g/mol. The lowest BCUT2D eigenvalue weighted by Crippen LogP contribution is -2.66. The molecule has 2 fully saturated rings. The maximum Gasteiger partial charge on any atom is 0.330 e. The highest BCUT2D eigenvalue weighted by Gasteiger charge is 2.44. The van der Waals surface area contributed by atoms with Gasteiger partial charge in [0.05, 0.1) is 30.0 Å². The number of carbonyl (C=O) groups is 2. The highest BCUT2D eigenvalue weighted by Crippen LogP contribution is 2.46. The maximum atomic E-state index is 13.1. The van der Waals surface area contributed by atoms with Crippen LogP contribution in [0.5, 0.6) is 5.88 Å². The van der Waals surface area contributed by atoms with Crippen molar-refractivity contribution < 1.29 is 19.1 Å². The van der Waals surface area contributed by atoms with Gasteiger partial charge in [0.1, 0.15) is 5.56 Å². The van der Waals surface area contributed by atoms with Crippen LogP contribution >= 0.6 is 11.6 Å². The topological polar surface area (TPSA) is 149 Å². The molecule has 7 rings (SSSR count). The molecule has 2 aromatic heterocycles. The molecule has 4 aromatic rings. The smallest absolute Gasteiger partial charge is 0.330 e. The van der Waals surface area contributed by atoms with Crippen molar-refractivity contribution in [3.8, 4) is 28.3 Å². The Morgan fingerprint density at radius 1 is 1.06 bits per heavy atom. The van der Waals surface area contributed by atoms with Gasteiger partial charge in [0, 0.05) is 81.4 Å². The fourth-order valence-electron chi connectivity index (χ4n) is 8.06. The van der Waals surface area contributed by atoms with Gasteiger partial charge in [-0.1, -0.05) is 41.9 Å². The zero-order valence-corrected chi connectivity index (χ0v) is 31.1. The number of aromatic nitrogens is 3. The number of nitrogens with zero attached hydrogens (tertiary/aromatic N) is 4. The van der Waals surface area contributed by atoms with Crippen molar-refractivity contribution in [2.24, 2.45) is 14.1 Å². The van der Waals surface area contributed by atoms with E-state index >= 15 is 0 Å². The van der Waals surface area contributed by atoms with Gasteiger partial charge in [-0.05, 0) is 61.4 Å². The largest absolute Gasteiger partial charge is 0.481 e. The molecule has 1 aliphatic carbocycles. The van der Waals surface area contributed by atoms with Gasteiger partial charge in [0.25, 0.3) is 11.5 Å². The van der Waals surface area contributed by atoms with Crippen LogP contribution in [-0.2, 0) is 25.3 Å². The van der Waals surface area contributed by atoms with Gasteiger partial charge in [0.15, 0.2) is 0 Å². The second-order valence-electron chi connectivity index (χ2n) is 14.2. The van der Waals surface area contributed by atoms with Crippen LogP contribution in [0.1, 0.15) is 53.1 Å². The van der Waals surface area contributed by atoms with E-state index in [0.29, 0.717) is 35.4 Å². The molecule has 2 saturated heterocycles. The van der Waals surface area contributed by atoms with Crippen molar-refractivity contribution in [3.05, 3.63) is 97.3 Å². The molecule has 0 saturated carbocycles. The lowest BCUT2D eigenvalue weighted by molar-refractivity contribution is 0.0998. The quantitative estimate of drug-likeness (QED) is 0.230. The molecule has 13 nitrogen and oxygen atoms in total. The summed E-state index contributed by atoms with van der Waals surface area (Å²) in [5.74, 6) is 0.203. The SMILES string of the molecule is COCCN1CC[C@]2(CC[C@@H](C3CCc4cc(-c5cccc(-c6cccc(NC(=O)c7cn(C)c(=O)n(C)c7=O)c6)c5Cl)nc(OC)c43)NC2)NC1=O. The normalized spacial score (nSPS) is 21.0. The molecule has 278 valence electrons. The minimum Gasteiger partial charge on any atom is -0.481 e. The number of piperidine rings is 1. The van der Waals surface area contributed by atoms with Crippen LogP contribution in [0.15, 0.2) is 64.3 Å². The molecule has 3 atom stereocenters. The van der Waals surface area contributed by atoms with Crippen molar-refractivity contribution in [2.45, 2.75) is 49.6 Å². The molecule has 3 aliphatic rings. The van der Waals surface area contributed by atoms with E-state index in [4.69, 9.17) is 26.1 Å². The number of methoxy groups -OCH3 is 2. The van der Waals surface area contributed by atoms with E-state index in [-0.39, 0.29) is 29.1 Å². The third-order valence-electron chi connectivity index (χ3n) is 11.0. The minimum absolute atomic E-state index is 0.0216. The molecular weight excluding hydrogens is 698 g/mol. The molecule has 2 aliphatic heterocycles. The fourth-order valence-corrected chi connectivity index (χ4v) is 8.39. The Morgan fingerprint density at radius 3 is 2.58 bits per heavy atom.